The van der Waals surface area contributed by atoms with Crippen molar-refractivity contribution < 1.29 is 4.79 Å². The van der Waals surface area contributed by atoms with Gasteiger partial charge < -0.3 is 0 Å². The van der Waals surface area contributed by atoms with E-state index in [1.807, 2.05) is 6.92 Å². The van der Waals surface area contributed by atoms with Gasteiger partial charge in [-0.15, -0.1) is 0 Å². The van der Waals surface area contributed by atoms with Gasteiger partial charge in [-0.05, 0) is 42.6 Å². The zero-order valence-corrected chi connectivity index (χ0v) is 8.76. The largest absolute Gasteiger partial charge is 0.295 e. The van der Waals surface area contributed by atoms with Crippen molar-refractivity contribution in [3.63, 3.8) is 0 Å². The molecule has 13 heavy (non-hydrogen) atoms. The zero-order chi connectivity index (χ0) is 9.64. The topological polar surface area (TPSA) is 17.1 Å². The van der Waals surface area contributed by atoms with Crippen LogP contribution in [0.2, 0.25) is 0 Å². The van der Waals surface area contributed by atoms with E-state index >= 15 is 0 Å². The molecule has 0 saturated heterocycles. The van der Waals surface area contributed by atoms with Crippen molar-refractivity contribution in [1.82, 2.24) is 0 Å². The Morgan fingerprint density at radius 3 is 2.62 bits per heavy atom. The lowest BCUT2D eigenvalue weighted by molar-refractivity contribution is -0.117. The highest BCUT2D eigenvalue weighted by Crippen LogP contribution is 2.59. The molecular formula is C12H18O. The van der Waals surface area contributed by atoms with Gasteiger partial charge in [-0.2, -0.15) is 0 Å². The Labute approximate surface area is 80.2 Å². The van der Waals surface area contributed by atoms with Crippen molar-refractivity contribution in [2.24, 2.45) is 17.3 Å². The Morgan fingerprint density at radius 2 is 2.15 bits per heavy atom. The van der Waals surface area contributed by atoms with E-state index in [2.05, 4.69) is 19.9 Å². The maximum absolute atomic E-state index is 11.5. The highest BCUT2D eigenvalue weighted by molar-refractivity contribution is 5.95. The third-order valence-corrected chi connectivity index (χ3v) is 4.22. The number of ketones is 1. The van der Waals surface area contributed by atoms with E-state index in [0.717, 1.165) is 24.3 Å². The minimum atomic E-state index is 0.372. The lowest BCUT2D eigenvalue weighted by Gasteiger charge is -2.26. The van der Waals surface area contributed by atoms with Crippen LogP contribution in [0.3, 0.4) is 0 Å². The summed E-state index contributed by atoms with van der Waals surface area (Å²) in [7, 11) is 0. The predicted molar refractivity (Wildman–Crippen MR) is 53.4 cm³/mol. The van der Waals surface area contributed by atoms with E-state index in [4.69, 9.17) is 0 Å². The minimum absolute atomic E-state index is 0.372. The standard InChI is InChI=1S/C12H18O/c1-8-4-5-10(6-11(8)13)12(3)7-9(12)2/h4,9-10H,5-7H2,1-3H3/t9?,10-,12?/m1/s1. The number of allylic oxidation sites excluding steroid dienone is 2. The van der Waals surface area contributed by atoms with Crippen molar-refractivity contribution in [2.75, 3.05) is 0 Å². The molecule has 0 aromatic heterocycles. The summed E-state index contributed by atoms with van der Waals surface area (Å²) in [4.78, 5) is 11.5. The van der Waals surface area contributed by atoms with Crippen LogP contribution in [-0.2, 0) is 4.79 Å². The summed E-state index contributed by atoms with van der Waals surface area (Å²) in [6.45, 7) is 6.58. The van der Waals surface area contributed by atoms with Crippen LogP contribution in [0.1, 0.15) is 40.0 Å². The van der Waals surface area contributed by atoms with Crippen molar-refractivity contribution in [1.29, 1.82) is 0 Å². The van der Waals surface area contributed by atoms with Gasteiger partial charge in [0.1, 0.15) is 0 Å². The number of hydrogen-bond acceptors (Lipinski definition) is 1. The summed E-state index contributed by atoms with van der Waals surface area (Å²) < 4.78 is 0. The zero-order valence-electron chi connectivity index (χ0n) is 8.76. The Hall–Kier alpha value is -0.590. The Kier molecular flexibility index (Phi) is 1.86. The van der Waals surface area contributed by atoms with Crippen LogP contribution in [0.5, 0.6) is 0 Å². The minimum Gasteiger partial charge on any atom is -0.295 e. The molecule has 2 unspecified atom stereocenters. The highest BCUT2D eigenvalue weighted by atomic mass is 16.1. The van der Waals surface area contributed by atoms with Crippen LogP contribution in [0.25, 0.3) is 0 Å². The molecule has 1 heteroatoms. The van der Waals surface area contributed by atoms with Gasteiger partial charge in [-0.25, -0.2) is 0 Å². The molecule has 0 aliphatic heterocycles. The molecule has 72 valence electrons. The molecule has 2 aliphatic carbocycles. The van der Waals surface area contributed by atoms with Crippen LogP contribution < -0.4 is 0 Å². The number of Topliss-reactive ketones (excluding diaryl/α,β-unsaturated/α-hetero) is 1. The SMILES string of the molecule is CC1=CC[C@@H](C2(C)CC2C)CC1=O. The molecule has 0 radical (unpaired) electrons. The first-order valence-electron chi connectivity index (χ1n) is 5.24. The van der Waals surface area contributed by atoms with Crippen molar-refractivity contribution in [3.05, 3.63) is 11.6 Å². The quantitative estimate of drug-likeness (QED) is 0.603. The number of hydrogen-bond donors (Lipinski definition) is 0. The molecule has 2 aliphatic rings. The third-order valence-electron chi connectivity index (χ3n) is 4.22. The fraction of sp³-hybridized carbons (Fsp3) is 0.750. The second kappa shape index (κ2) is 2.70. The van der Waals surface area contributed by atoms with E-state index in [1.165, 1.54) is 6.42 Å². The Bertz CT molecular complexity index is 277. The molecule has 0 amide bonds. The summed E-state index contributed by atoms with van der Waals surface area (Å²) in [5, 5.41) is 0. The van der Waals surface area contributed by atoms with Gasteiger partial charge >= 0.3 is 0 Å². The van der Waals surface area contributed by atoms with Crippen LogP contribution in [0.4, 0.5) is 0 Å². The van der Waals surface area contributed by atoms with Gasteiger partial charge in [-0.3, -0.25) is 4.79 Å². The van der Waals surface area contributed by atoms with Crippen molar-refractivity contribution in [2.45, 2.75) is 40.0 Å². The smallest absolute Gasteiger partial charge is 0.158 e. The van der Waals surface area contributed by atoms with Gasteiger partial charge in [-0.1, -0.05) is 19.9 Å². The van der Waals surface area contributed by atoms with Gasteiger partial charge in [0.05, 0.1) is 0 Å². The van der Waals surface area contributed by atoms with E-state index in [-0.39, 0.29) is 0 Å². The maximum Gasteiger partial charge on any atom is 0.158 e. The molecule has 0 N–H and O–H groups in total. The monoisotopic (exact) mass is 178 g/mol. The molecule has 1 fully saturated rings. The fourth-order valence-corrected chi connectivity index (χ4v) is 2.57. The molecule has 3 atom stereocenters. The number of carbonyl (C=O) groups excluding carboxylic acids is 1. The lowest BCUT2D eigenvalue weighted by Crippen LogP contribution is -2.22. The van der Waals surface area contributed by atoms with E-state index in [0.29, 0.717) is 17.1 Å². The predicted octanol–water partition coefficient (Wildman–Crippen LogP) is 2.96. The van der Waals surface area contributed by atoms with Crippen molar-refractivity contribution >= 4 is 5.78 Å². The molecule has 0 heterocycles. The molecule has 0 aromatic rings. The molecule has 0 aromatic carbocycles. The first kappa shape index (κ1) is 8.98. The molecule has 1 nitrogen and oxygen atoms in total. The van der Waals surface area contributed by atoms with E-state index in [1.54, 1.807) is 0 Å². The third kappa shape index (κ3) is 1.34. The Balaban J connectivity index is 2.10. The van der Waals surface area contributed by atoms with Crippen LogP contribution in [0, 0.1) is 17.3 Å². The van der Waals surface area contributed by atoms with Gasteiger partial charge in [0.25, 0.3) is 0 Å². The first-order valence-corrected chi connectivity index (χ1v) is 5.24. The van der Waals surface area contributed by atoms with Crippen molar-refractivity contribution in [3.8, 4) is 0 Å². The average molecular weight is 178 g/mol. The van der Waals surface area contributed by atoms with Crippen LogP contribution in [0.15, 0.2) is 11.6 Å². The highest BCUT2D eigenvalue weighted by Gasteiger charge is 2.52. The molecule has 2 rings (SSSR count). The summed E-state index contributed by atoms with van der Waals surface area (Å²) in [6, 6.07) is 0. The van der Waals surface area contributed by atoms with Gasteiger partial charge in [0.15, 0.2) is 5.78 Å². The molecular weight excluding hydrogens is 160 g/mol. The molecule has 1 saturated carbocycles. The van der Waals surface area contributed by atoms with Gasteiger partial charge in [0, 0.05) is 6.42 Å². The fourth-order valence-electron chi connectivity index (χ4n) is 2.57. The molecule has 0 bridgehead atoms. The first-order chi connectivity index (χ1) is 6.04. The van der Waals surface area contributed by atoms with Gasteiger partial charge in [0.2, 0.25) is 0 Å². The average Bonchev–Trinajstić information content (AvgIpc) is 2.67. The summed E-state index contributed by atoms with van der Waals surface area (Å²) >= 11 is 0. The van der Waals surface area contributed by atoms with Crippen LogP contribution in [-0.4, -0.2) is 5.78 Å². The second-order valence-corrected chi connectivity index (χ2v) is 5.06. The second-order valence-electron chi connectivity index (χ2n) is 5.06. The number of rotatable bonds is 1. The van der Waals surface area contributed by atoms with Crippen LogP contribution >= 0.6 is 0 Å². The van der Waals surface area contributed by atoms with E-state index < -0.39 is 0 Å². The van der Waals surface area contributed by atoms with E-state index in [9.17, 15) is 4.79 Å². The normalized spacial score (nSPS) is 44.5. The summed E-state index contributed by atoms with van der Waals surface area (Å²) in [6.07, 6.45) is 5.37. The lowest BCUT2D eigenvalue weighted by atomic mass is 9.78. The summed E-state index contributed by atoms with van der Waals surface area (Å²) in [5.41, 5.74) is 1.46. The summed E-state index contributed by atoms with van der Waals surface area (Å²) in [5.74, 6) is 1.83. The maximum atomic E-state index is 11.5. The molecule has 0 spiro atoms. The Morgan fingerprint density at radius 1 is 1.54 bits per heavy atom. The number of carbonyl (C=O) groups is 1.